The third-order valence-corrected chi connectivity index (χ3v) is 25.1. The first-order valence-corrected chi connectivity index (χ1v) is 39.6. The molecular formula is C87H131N3O10. The number of carboxylic acid groups (broad SMARTS) is 1. The molecule has 554 valence electrons. The highest BCUT2D eigenvalue weighted by molar-refractivity contribution is 5.94. The molecule has 8 N–H and O–H groups in total. The number of aromatic hydroxyl groups is 3. The minimum atomic E-state index is -0.862. The minimum absolute atomic E-state index is 0.0229. The van der Waals surface area contributed by atoms with Crippen LogP contribution < -0.4 is 30.6 Å². The van der Waals surface area contributed by atoms with Crippen molar-refractivity contribution in [3.05, 3.63) is 105 Å². The van der Waals surface area contributed by atoms with Gasteiger partial charge in [0.2, 0.25) is 11.8 Å². The smallest absolute Gasteiger partial charge is 0.331 e. The molecule has 3 aromatic rings. The number of unbranched alkanes of at least 4 members (excludes halogenated alkanes) is 9. The number of ether oxygens (including phenoxy) is 3. The maximum Gasteiger partial charge on any atom is 0.331 e. The molecule has 9 aliphatic rings. The number of carboxylic acids is 1. The highest BCUT2D eigenvalue weighted by Gasteiger charge is 2.51. The summed E-state index contributed by atoms with van der Waals surface area (Å²) in [4.78, 5) is 37.3. The Kier molecular flexibility index (Phi) is 25.6. The van der Waals surface area contributed by atoms with Gasteiger partial charge in [-0.1, -0.05) is 164 Å². The number of rotatable bonds is 23. The molecule has 0 saturated heterocycles. The topological polar surface area (TPSA) is 210 Å². The molecule has 0 bridgehead atoms. The number of hydrogen-bond acceptors (Lipinski definition) is 10. The summed E-state index contributed by atoms with van der Waals surface area (Å²) in [7, 11) is 0. The van der Waals surface area contributed by atoms with Gasteiger partial charge in [0.15, 0.2) is 0 Å². The van der Waals surface area contributed by atoms with Crippen LogP contribution >= 0.6 is 0 Å². The lowest BCUT2D eigenvalue weighted by molar-refractivity contribution is -0.133. The number of hydrogen-bond donors (Lipinski definition) is 7. The second-order valence-corrected chi connectivity index (χ2v) is 35.3. The van der Waals surface area contributed by atoms with Gasteiger partial charge in [-0.15, -0.1) is 0 Å². The van der Waals surface area contributed by atoms with Crippen LogP contribution in [0.2, 0.25) is 0 Å². The number of carbonyl (C=O) groups excluding carboxylic acids is 2. The number of fused-ring (bicyclic) bond motifs is 9. The molecule has 100 heavy (non-hydrogen) atoms. The average Bonchev–Trinajstić information content (AvgIpc) is 0.749. The zero-order chi connectivity index (χ0) is 72.7. The summed E-state index contributed by atoms with van der Waals surface area (Å²) in [5, 5.41) is 49.4. The summed E-state index contributed by atoms with van der Waals surface area (Å²) < 4.78 is 19.5. The van der Waals surface area contributed by atoms with E-state index >= 15 is 0 Å². The Balaban J connectivity index is 0.000000169. The minimum Gasteiger partial charge on any atom is -0.508 e. The van der Waals surface area contributed by atoms with Gasteiger partial charge in [0, 0.05) is 87.0 Å². The van der Waals surface area contributed by atoms with Gasteiger partial charge < -0.3 is 51.0 Å². The average molecular weight is 1380 g/mol. The molecule has 12 rings (SSSR count). The number of allylic oxidation sites excluding steroid dienone is 3. The molecule has 0 radical (unpaired) electrons. The number of phenols is 3. The van der Waals surface area contributed by atoms with Crippen molar-refractivity contribution in [1.82, 2.24) is 10.6 Å². The Hall–Kier alpha value is -5.95. The van der Waals surface area contributed by atoms with Crippen LogP contribution in [0.1, 0.15) is 348 Å². The van der Waals surface area contributed by atoms with Crippen molar-refractivity contribution < 1.29 is 49.0 Å². The number of benzene rings is 3. The van der Waals surface area contributed by atoms with Crippen molar-refractivity contribution >= 4 is 17.8 Å². The quantitative estimate of drug-likeness (QED) is 0.0444. The molecule has 3 saturated carbocycles. The van der Waals surface area contributed by atoms with Gasteiger partial charge in [0.25, 0.3) is 0 Å². The van der Waals surface area contributed by atoms with Crippen molar-refractivity contribution in [3.8, 4) is 34.5 Å². The fourth-order valence-electron chi connectivity index (χ4n) is 17.4. The molecule has 6 aliphatic carbocycles. The van der Waals surface area contributed by atoms with Crippen LogP contribution in [0.15, 0.2) is 71.3 Å². The van der Waals surface area contributed by atoms with Crippen molar-refractivity contribution in [2.75, 3.05) is 0 Å². The molecule has 3 aromatic carbocycles. The van der Waals surface area contributed by atoms with Gasteiger partial charge in [-0.25, -0.2) is 4.79 Å². The van der Waals surface area contributed by atoms with E-state index in [2.05, 4.69) is 145 Å². The normalized spacial score (nSPS) is 23.8. The summed E-state index contributed by atoms with van der Waals surface area (Å²) >= 11 is 0. The molecule has 3 aliphatic heterocycles. The molecule has 2 amide bonds. The molecular weight excluding hydrogens is 1250 g/mol. The number of carbonyl (C=O) groups is 3. The summed E-state index contributed by atoms with van der Waals surface area (Å²) in [6.07, 6.45) is 38.8. The van der Waals surface area contributed by atoms with Crippen LogP contribution in [-0.4, -0.2) is 73.1 Å². The van der Waals surface area contributed by atoms with Crippen molar-refractivity contribution in [2.45, 2.75) is 365 Å². The van der Waals surface area contributed by atoms with Gasteiger partial charge in [-0.2, -0.15) is 0 Å². The monoisotopic (exact) mass is 1380 g/mol. The Morgan fingerprint density at radius 1 is 0.450 bits per heavy atom. The van der Waals surface area contributed by atoms with Gasteiger partial charge in [0.1, 0.15) is 51.3 Å². The lowest BCUT2D eigenvalue weighted by Gasteiger charge is -2.47. The van der Waals surface area contributed by atoms with E-state index in [9.17, 15) is 34.8 Å². The van der Waals surface area contributed by atoms with Crippen LogP contribution in [0.4, 0.5) is 0 Å². The van der Waals surface area contributed by atoms with E-state index in [1.165, 1.54) is 109 Å². The number of aliphatic carboxylic acids is 1. The maximum absolute atomic E-state index is 12.9. The van der Waals surface area contributed by atoms with E-state index < -0.39 is 11.6 Å². The molecule has 6 atom stereocenters. The summed E-state index contributed by atoms with van der Waals surface area (Å²) in [6.45, 7) is 33.0. The van der Waals surface area contributed by atoms with Crippen LogP contribution in [0.5, 0.6) is 34.5 Å². The lowest BCUT2D eigenvalue weighted by atomic mass is 9.66. The first-order valence-electron chi connectivity index (χ1n) is 39.6. The molecule has 0 unspecified atom stereocenters. The van der Waals surface area contributed by atoms with Gasteiger partial charge >= 0.3 is 5.97 Å². The van der Waals surface area contributed by atoms with Gasteiger partial charge in [0.05, 0.1) is 0 Å². The first-order chi connectivity index (χ1) is 47.2. The molecule has 0 aromatic heterocycles. The van der Waals surface area contributed by atoms with Crippen LogP contribution in [0.25, 0.3) is 0 Å². The number of nitrogens with two attached hydrogens (primary N) is 1. The molecule has 3 heterocycles. The maximum atomic E-state index is 12.9. The predicted molar refractivity (Wildman–Crippen MR) is 405 cm³/mol. The Morgan fingerprint density at radius 2 is 0.730 bits per heavy atom. The van der Waals surface area contributed by atoms with E-state index in [0.717, 1.165) is 120 Å². The Morgan fingerprint density at radius 3 is 0.980 bits per heavy atom. The second-order valence-electron chi connectivity index (χ2n) is 35.3. The third kappa shape index (κ3) is 18.5. The predicted octanol–water partition coefficient (Wildman–Crippen LogP) is 20.6. The SMILES string of the molecule is CCCCCCC(C)(C)c1cc(O)c2c(c1)OC(C)(C)[C@@H]1CC=C(C(=O)NC3CCC3)C[C@@H]21.CCCCCCC(C)(C)c1cc(O)c2c(c1)OC(C)(C)[C@@H]1CC=C(C(=O)NC3CCC3)C[C@@H]21.CCCCCCC(C)(C)c1cc(O)c2c(c1)OC(C)(C)[C@@H]1CC=C(C(=O)O)C[C@@H]21.NC1CCC1. The molecule has 0 spiro atoms. The largest absolute Gasteiger partial charge is 0.508 e. The zero-order valence-electron chi connectivity index (χ0n) is 64.4. The van der Waals surface area contributed by atoms with Crippen molar-refractivity contribution in [3.63, 3.8) is 0 Å². The summed E-state index contributed by atoms with van der Waals surface area (Å²) in [5.41, 5.74) is 12.3. The van der Waals surface area contributed by atoms with Crippen molar-refractivity contribution in [2.24, 2.45) is 23.5 Å². The fraction of sp³-hybridized carbons (Fsp3) is 0.690. The molecule has 13 nitrogen and oxygen atoms in total. The zero-order valence-corrected chi connectivity index (χ0v) is 64.4. The van der Waals surface area contributed by atoms with E-state index in [-0.39, 0.29) is 80.5 Å². The Labute approximate surface area is 602 Å². The summed E-state index contributed by atoms with van der Waals surface area (Å²) in [6, 6.07) is 13.5. The highest BCUT2D eigenvalue weighted by Crippen LogP contribution is 2.59. The second kappa shape index (κ2) is 32.8. The highest BCUT2D eigenvalue weighted by atomic mass is 16.5. The van der Waals surface area contributed by atoms with E-state index in [4.69, 9.17) is 19.9 Å². The van der Waals surface area contributed by atoms with Crippen LogP contribution in [0, 0.1) is 17.8 Å². The number of nitrogens with one attached hydrogen (secondary N) is 2. The number of amides is 2. The van der Waals surface area contributed by atoms with E-state index in [0.29, 0.717) is 60.9 Å². The lowest BCUT2D eigenvalue weighted by Crippen LogP contribution is -2.47. The third-order valence-electron chi connectivity index (χ3n) is 25.1. The number of phenolic OH excluding ortho intramolecular Hbond substituents is 3. The summed E-state index contributed by atoms with van der Waals surface area (Å²) in [5.74, 6) is 3.31. The Bertz CT molecular complexity index is 3280. The van der Waals surface area contributed by atoms with E-state index in [1.807, 2.05) is 24.3 Å². The van der Waals surface area contributed by atoms with Crippen molar-refractivity contribution in [1.29, 1.82) is 0 Å². The van der Waals surface area contributed by atoms with Gasteiger partial charge in [-0.3, -0.25) is 9.59 Å². The first kappa shape index (κ1) is 78.2. The fourth-order valence-corrected chi connectivity index (χ4v) is 17.4. The standard InChI is InChI=1S/2C29H43NO3.C25H36O4.C4H9N/c2*1-6-7-8-9-15-28(2,3)20-17-24(31)26-22-16-19(27(32)30-21-11-10-12-21)13-14-23(22)29(4,5)33-25(26)18-20;1-6-7-8-9-12-24(2,3)17-14-20(26)22-18-13-16(23(27)28)10-11-19(18)25(4,5)29-21(22)15-17;5-4-2-1-3-4/h2*13,17-18,21-23,31H,6-12,14-16H2,1-5H3,(H,30,32);10,14-15,18-19,26H,6-9,11-13H2,1-5H3,(H,27,28);4H,1-3,5H2/t2*22-,23-;18-,19-;/m111./s1. The van der Waals surface area contributed by atoms with Gasteiger partial charge in [-0.05, 0) is 220 Å². The van der Waals surface area contributed by atoms with Crippen LogP contribution in [0.3, 0.4) is 0 Å². The van der Waals surface area contributed by atoms with Crippen LogP contribution in [-0.2, 0) is 30.6 Å². The molecule has 13 heteroatoms. The molecule has 3 fully saturated rings. The van der Waals surface area contributed by atoms with E-state index in [1.54, 1.807) is 0 Å².